The third-order valence-electron chi connectivity index (χ3n) is 3.80. The second kappa shape index (κ2) is 7.09. The van der Waals surface area contributed by atoms with Gasteiger partial charge in [-0.1, -0.05) is 0 Å². The van der Waals surface area contributed by atoms with Crippen LogP contribution in [-0.4, -0.2) is 23.2 Å². The summed E-state index contributed by atoms with van der Waals surface area (Å²) in [7, 11) is 0. The Bertz CT molecular complexity index is 704. The molecule has 0 radical (unpaired) electrons. The standard InChI is InChI=1S/C15H16N4OS.BrH/c16-7-11-10(9-2-1-4-18-8-9)6-12(19-15(11)17)14-13(20)3-5-21-14;/h3,5-6,9,18,20H,1-2,4,8H2,(H2,17,19);1H. The molecular formula is C15H17BrN4OS. The molecule has 0 spiro atoms. The van der Waals surface area contributed by atoms with E-state index in [1.807, 2.05) is 11.4 Å². The van der Waals surface area contributed by atoms with Crippen molar-refractivity contribution in [2.24, 2.45) is 0 Å². The summed E-state index contributed by atoms with van der Waals surface area (Å²) in [5.74, 6) is 0.701. The number of hydrogen-bond donors (Lipinski definition) is 3. The molecule has 1 aliphatic rings. The highest BCUT2D eigenvalue weighted by Crippen LogP contribution is 2.37. The molecule has 0 amide bonds. The normalized spacial score (nSPS) is 17.5. The molecule has 4 N–H and O–H groups in total. The zero-order valence-corrected chi connectivity index (χ0v) is 14.4. The zero-order valence-electron chi connectivity index (χ0n) is 11.9. The van der Waals surface area contributed by atoms with Crippen LogP contribution in [0.2, 0.25) is 0 Å². The Morgan fingerprint density at radius 1 is 1.50 bits per heavy atom. The molecule has 2 aromatic heterocycles. The lowest BCUT2D eigenvalue weighted by atomic mass is 9.88. The van der Waals surface area contributed by atoms with Crippen LogP contribution in [0.1, 0.15) is 29.9 Å². The van der Waals surface area contributed by atoms with Crippen molar-refractivity contribution < 1.29 is 5.11 Å². The lowest BCUT2D eigenvalue weighted by molar-refractivity contribution is 0.461. The Labute approximate surface area is 143 Å². The SMILES string of the molecule is Br.N#Cc1c(C2CCCNC2)cc(-c2sccc2O)nc1N. The molecule has 3 heterocycles. The fraction of sp³-hybridized carbons (Fsp3) is 0.333. The Kier molecular flexibility index (Phi) is 5.40. The van der Waals surface area contributed by atoms with E-state index in [1.165, 1.54) is 11.3 Å². The summed E-state index contributed by atoms with van der Waals surface area (Å²) in [6.45, 7) is 1.85. The maximum Gasteiger partial charge on any atom is 0.142 e. The van der Waals surface area contributed by atoms with E-state index in [2.05, 4.69) is 16.4 Å². The topological polar surface area (TPSA) is 95.0 Å². The van der Waals surface area contributed by atoms with Gasteiger partial charge in [-0.05, 0) is 48.4 Å². The molecule has 0 aliphatic carbocycles. The second-order valence-corrected chi connectivity index (χ2v) is 6.06. The maximum atomic E-state index is 9.87. The van der Waals surface area contributed by atoms with Crippen LogP contribution in [0.25, 0.3) is 10.6 Å². The molecule has 5 nitrogen and oxygen atoms in total. The summed E-state index contributed by atoms with van der Waals surface area (Å²) < 4.78 is 0. The van der Waals surface area contributed by atoms with Crippen molar-refractivity contribution in [1.82, 2.24) is 10.3 Å². The number of rotatable bonds is 2. The van der Waals surface area contributed by atoms with Gasteiger partial charge in [-0.2, -0.15) is 5.26 Å². The van der Waals surface area contributed by atoms with Gasteiger partial charge in [-0.3, -0.25) is 0 Å². The van der Waals surface area contributed by atoms with E-state index in [0.717, 1.165) is 31.5 Å². The number of piperidine rings is 1. The molecule has 22 heavy (non-hydrogen) atoms. The van der Waals surface area contributed by atoms with Gasteiger partial charge in [0.25, 0.3) is 0 Å². The first-order valence-electron chi connectivity index (χ1n) is 6.88. The Morgan fingerprint density at radius 3 is 2.91 bits per heavy atom. The summed E-state index contributed by atoms with van der Waals surface area (Å²) >= 11 is 1.41. The van der Waals surface area contributed by atoms with Gasteiger partial charge in [-0.15, -0.1) is 28.3 Å². The minimum atomic E-state index is 0. The monoisotopic (exact) mass is 380 g/mol. The van der Waals surface area contributed by atoms with Crippen LogP contribution >= 0.6 is 28.3 Å². The van der Waals surface area contributed by atoms with Crippen LogP contribution in [0.4, 0.5) is 5.82 Å². The molecule has 1 saturated heterocycles. The number of nitrogens with one attached hydrogen (secondary N) is 1. The Morgan fingerprint density at radius 2 is 2.32 bits per heavy atom. The van der Waals surface area contributed by atoms with Gasteiger partial charge in [0.1, 0.15) is 17.6 Å². The van der Waals surface area contributed by atoms with Gasteiger partial charge in [0.05, 0.1) is 16.1 Å². The predicted molar refractivity (Wildman–Crippen MR) is 93.5 cm³/mol. The average Bonchev–Trinajstić information content (AvgIpc) is 2.93. The summed E-state index contributed by atoms with van der Waals surface area (Å²) in [4.78, 5) is 4.98. The van der Waals surface area contributed by atoms with Gasteiger partial charge in [-0.25, -0.2) is 4.98 Å². The lowest BCUT2D eigenvalue weighted by Crippen LogP contribution is -2.29. The number of nitrogens with zero attached hydrogens (tertiary/aromatic N) is 2. The summed E-state index contributed by atoms with van der Waals surface area (Å²) in [6.07, 6.45) is 2.11. The van der Waals surface area contributed by atoms with Crippen LogP contribution in [-0.2, 0) is 0 Å². The first-order valence-corrected chi connectivity index (χ1v) is 7.76. The second-order valence-electron chi connectivity index (χ2n) is 5.15. The largest absolute Gasteiger partial charge is 0.506 e. The lowest BCUT2D eigenvalue weighted by Gasteiger charge is -2.24. The van der Waals surface area contributed by atoms with Crippen LogP contribution in [0.15, 0.2) is 17.5 Å². The molecule has 2 aromatic rings. The van der Waals surface area contributed by atoms with Gasteiger partial charge in [0.2, 0.25) is 0 Å². The zero-order chi connectivity index (χ0) is 14.8. The average molecular weight is 381 g/mol. The highest BCUT2D eigenvalue weighted by Gasteiger charge is 2.22. The molecule has 1 aliphatic heterocycles. The van der Waals surface area contributed by atoms with Gasteiger partial charge < -0.3 is 16.2 Å². The third-order valence-corrected chi connectivity index (χ3v) is 4.73. The number of aromatic nitrogens is 1. The van der Waals surface area contributed by atoms with E-state index in [0.29, 0.717) is 16.1 Å². The number of aromatic hydroxyl groups is 1. The number of anilines is 1. The molecule has 1 fully saturated rings. The van der Waals surface area contributed by atoms with E-state index in [9.17, 15) is 10.4 Å². The predicted octanol–water partition coefficient (Wildman–Crippen LogP) is 3.01. The Balaban J connectivity index is 0.00000176. The van der Waals surface area contributed by atoms with E-state index in [-0.39, 0.29) is 34.5 Å². The van der Waals surface area contributed by atoms with Crippen molar-refractivity contribution >= 4 is 34.1 Å². The number of nitrogens with two attached hydrogens (primary N) is 1. The number of nitrogen functional groups attached to an aromatic ring is 1. The van der Waals surface area contributed by atoms with Gasteiger partial charge >= 0.3 is 0 Å². The van der Waals surface area contributed by atoms with Crippen molar-refractivity contribution in [3.05, 3.63) is 28.6 Å². The van der Waals surface area contributed by atoms with Crippen LogP contribution < -0.4 is 11.1 Å². The summed E-state index contributed by atoms with van der Waals surface area (Å²) in [5.41, 5.74) is 8.00. The molecule has 116 valence electrons. The third kappa shape index (κ3) is 3.09. The van der Waals surface area contributed by atoms with Crippen LogP contribution in [0.3, 0.4) is 0 Å². The summed E-state index contributed by atoms with van der Waals surface area (Å²) in [5, 5.41) is 24.4. The van der Waals surface area contributed by atoms with Crippen molar-refractivity contribution in [2.45, 2.75) is 18.8 Å². The summed E-state index contributed by atoms with van der Waals surface area (Å²) in [6, 6.07) is 5.71. The first-order chi connectivity index (χ1) is 10.2. The van der Waals surface area contributed by atoms with Crippen LogP contribution in [0.5, 0.6) is 5.75 Å². The molecule has 0 saturated carbocycles. The van der Waals surface area contributed by atoms with E-state index in [1.54, 1.807) is 6.07 Å². The smallest absolute Gasteiger partial charge is 0.142 e. The number of halogens is 1. The van der Waals surface area contributed by atoms with Crippen molar-refractivity contribution in [2.75, 3.05) is 18.8 Å². The van der Waals surface area contributed by atoms with Crippen molar-refractivity contribution in [3.63, 3.8) is 0 Å². The molecule has 3 rings (SSSR count). The highest BCUT2D eigenvalue weighted by atomic mass is 79.9. The molecule has 1 unspecified atom stereocenters. The van der Waals surface area contributed by atoms with E-state index in [4.69, 9.17) is 5.73 Å². The molecule has 0 aromatic carbocycles. The number of thiophene rings is 1. The van der Waals surface area contributed by atoms with Crippen LogP contribution in [0, 0.1) is 11.3 Å². The van der Waals surface area contributed by atoms with E-state index < -0.39 is 0 Å². The number of pyridine rings is 1. The highest BCUT2D eigenvalue weighted by molar-refractivity contribution is 8.93. The van der Waals surface area contributed by atoms with Crippen molar-refractivity contribution in [1.29, 1.82) is 5.26 Å². The minimum absolute atomic E-state index is 0. The van der Waals surface area contributed by atoms with E-state index >= 15 is 0 Å². The van der Waals surface area contributed by atoms with Crippen molar-refractivity contribution in [3.8, 4) is 22.4 Å². The first kappa shape index (κ1) is 16.7. The number of nitriles is 1. The Hall–Kier alpha value is -1.62. The molecule has 7 heteroatoms. The van der Waals surface area contributed by atoms with Gasteiger partial charge in [0.15, 0.2) is 0 Å². The minimum Gasteiger partial charge on any atom is -0.506 e. The fourth-order valence-electron chi connectivity index (χ4n) is 2.76. The quantitative estimate of drug-likeness (QED) is 0.743. The molecule has 1 atom stereocenters. The fourth-order valence-corrected chi connectivity index (χ4v) is 3.50. The number of hydrogen-bond acceptors (Lipinski definition) is 6. The maximum absolute atomic E-state index is 9.87. The van der Waals surface area contributed by atoms with Gasteiger partial charge in [0, 0.05) is 6.54 Å². The molecule has 0 bridgehead atoms. The molecular weight excluding hydrogens is 364 g/mol.